The van der Waals surface area contributed by atoms with Crippen LogP contribution < -0.4 is 4.90 Å². The normalized spacial score (nSPS) is 14.3. The molecule has 0 aromatic heterocycles. The summed E-state index contributed by atoms with van der Waals surface area (Å²) in [5.74, 6) is 0.0359. The number of allylic oxidation sites excluding steroid dienone is 2. The summed E-state index contributed by atoms with van der Waals surface area (Å²) in [6.45, 7) is 1.57. The molecule has 0 saturated heterocycles. The molecule has 0 unspecified atom stereocenters. The molecule has 0 fully saturated rings. The maximum absolute atomic E-state index is 11.3. The Bertz CT molecular complexity index is 738. The summed E-state index contributed by atoms with van der Waals surface area (Å²) in [5.41, 5.74) is 5.79. The van der Waals surface area contributed by atoms with Crippen molar-refractivity contribution in [3.05, 3.63) is 71.3 Å². The summed E-state index contributed by atoms with van der Waals surface area (Å²) in [6.07, 6.45) is 6.44. The van der Waals surface area contributed by atoms with Crippen LogP contribution in [-0.4, -0.2) is 13.0 Å². The van der Waals surface area contributed by atoms with Crippen molar-refractivity contribution in [2.45, 2.75) is 6.92 Å². The van der Waals surface area contributed by atoms with E-state index < -0.39 is 0 Å². The second-order valence-corrected chi connectivity index (χ2v) is 5.19. The number of rotatable bonds is 2. The van der Waals surface area contributed by atoms with E-state index in [0.717, 1.165) is 11.3 Å². The molecule has 0 heterocycles. The van der Waals surface area contributed by atoms with Crippen LogP contribution in [-0.2, 0) is 4.79 Å². The van der Waals surface area contributed by atoms with Crippen molar-refractivity contribution >= 4 is 29.3 Å². The lowest BCUT2D eigenvalue weighted by Gasteiger charge is -2.14. The van der Waals surface area contributed by atoms with Gasteiger partial charge in [0.2, 0.25) is 5.91 Å². The molecule has 21 heavy (non-hydrogen) atoms. The summed E-state index contributed by atoms with van der Waals surface area (Å²) >= 11 is 0. The van der Waals surface area contributed by atoms with Crippen molar-refractivity contribution in [1.82, 2.24) is 0 Å². The largest absolute Gasteiger partial charge is 0.316 e. The Kier molecular flexibility index (Phi) is 3.44. The van der Waals surface area contributed by atoms with Crippen LogP contribution in [0.1, 0.15) is 23.6 Å². The summed E-state index contributed by atoms with van der Waals surface area (Å²) in [4.78, 5) is 13.0. The van der Waals surface area contributed by atoms with Gasteiger partial charge in [-0.3, -0.25) is 4.79 Å². The van der Waals surface area contributed by atoms with Gasteiger partial charge >= 0.3 is 0 Å². The van der Waals surface area contributed by atoms with Crippen LogP contribution in [0, 0.1) is 0 Å². The fourth-order valence-corrected chi connectivity index (χ4v) is 2.46. The lowest BCUT2D eigenvalue weighted by molar-refractivity contribution is -0.116. The van der Waals surface area contributed by atoms with Gasteiger partial charge in [0.25, 0.3) is 0 Å². The maximum atomic E-state index is 11.3. The Morgan fingerprint density at radius 1 is 1.00 bits per heavy atom. The first-order valence-electron chi connectivity index (χ1n) is 6.99. The fourth-order valence-electron chi connectivity index (χ4n) is 2.46. The zero-order valence-electron chi connectivity index (χ0n) is 12.2. The third kappa shape index (κ3) is 2.65. The number of benzene rings is 2. The van der Waals surface area contributed by atoms with E-state index in [4.69, 9.17) is 0 Å². The molecule has 2 aromatic carbocycles. The molecule has 2 nitrogen and oxygen atoms in total. The fraction of sp³-hybridized carbons (Fsp3) is 0.105. The number of nitrogens with zero attached hydrogens (tertiary/aromatic N) is 1. The third-order valence-electron chi connectivity index (χ3n) is 3.79. The minimum atomic E-state index is 0.0359. The second-order valence-electron chi connectivity index (χ2n) is 5.19. The van der Waals surface area contributed by atoms with E-state index >= 15 is 0 Å². The first kappa shape index (κ1) is 13.4. The molecule has 0 radical (unpaired) electrons. The minimum absolute atomic E-state index is 0.0359. The Hall–Kier alpha value is -2.61. The smallest absolute Gasteiger partial charge is 0.223 e. The number of hydrogen-bond acceptors (Lipinski definition) is 1. The summed E-state index contributed by atoms with van der Waals surface area (Å²) in [6, 6.07) is 16.4. The van der Waals surface area contributed by atoms with Crippen LogP contribution >= 0.6 is 0 Å². The number of anilines is 1. The predicted octanol–water partition coefficient (Wildman–Crippen LogP) is 4.24. The minimum Gasteiger partial charge on any atom is -0.316 e. The number of carbonyl (C=O) groups is 1. The van der Waals surface area contributed by atoms with Crippen molar-refractivity contribution in [3.63, 3.8) is 0 Å². The standard InChI is InChI=1S/C19H17NO/c1-14(21)20(2)18-11-7-15(8-12-18)13-17-10-9-16-5-3-4-6-19(16)17/h3-13H,1-2H3/b17-13-. The number of fused-ring (bicyclic) bond motifs is 1. The van der Waals surface area contributed by atoms with Crippen molar-refractivity contribution in [1.29, 1.82) is 0 Å². The van der Waals surface area contributed by atoms with E-state index in [1.54, 1.807) is 18.9 Å². The van der Waals surface area contributed by atoms with Crippen molar-refractivity contribution < 1.29 is 4.79 Å². The third-order valence-corrected chi connectivity index (χ3v) is 3.79. The van der Waals surface area contributed by atoms with Crippen molar-refractivity contribution in [3.8, 4) is 0 Å². The highest BCUT2D eigenvalue weighted by Gasteiger charge is 2.09. The van der Waals surface area contributed by atoms with E-state index in [2.05, 4.69) is 42.5 Å². The van der Waals surface area contributed by atoms with Crippen LogP contribution in [0.3, 0.4) is 0 Å². The SMILES string of the molecule is CC(=O)N(C)c1ccc(/C=C2/C=Cc3ccccc32)cc1. The highest BCUT2D eigenvalue weighted by atomic mass is 16.2. The van der Waals surface area contributed by atoms with E-state index in [0.29, 0.717) is 0 Å². The van der Waals surface area contributed by atoms with Gasteiger partial charge in [0.05, 0.1) is 0 Å². The van der Waals surface area contributed by atoms with Gasteiger partial charge in [-0.05, 0) is 40.5 Å². The van der Waals surface area contributed by atoms with Crippen LogP contribution in [0.4, 0.5) is 5.69 Å². The van der Waals surface area contributed by atoms with E-state index in [9.17, 15) is 4.79 Å². The summed E-state index contributed by atoms with van der Waals surface area (Å²) < 4.78 is 0. The average molecular weight is 275 g/mol. The molecule has 3 rings (SSSR count). The zero-order valence-corrected chi connectivity index (χ0v) is 12.2. The molecule has 1 amide bonds. The Morgan fingerprint density at radius 3 is 2.43 bits per heavy atom. The van der Waals surface area contributed by atoms with Gasteiger partial charge in [0, 0.05) is 19.7 Å². The highest BCUT2D eigenvalue weighted by Crippen LogP contribution is 2.30. The maximum Gasteiger partial charge on any atom is 0.223 e. The number of hydrogen-bond donors (Lipinski definition) is 0. The monoisotopic (exact) mass is 275 g/mol. The Balaban J connectivity index is 1.88. The number of carbonyl (C=O) groups excluding carboxylic acids is 1. The van der Waals surface area contributed by atoms with Crippen molar-refractivity contribution in [2.75, 3.05) is 11.9 Å². The molecule has 2 aromatic rings. The van der Waals surface area contributed by atoms with Gasteiger partial charge in [0.1, 0.15) is 0 Å². The molecule has 0 saturated carbocycles. The summed E-state index contributed by atoms with van der Waals surface area (Å²) in [5, 5.41) is 0. The predicted molar refractivity (Wildman–Crippen MR) is 88.9 cm³/mol. The highest BCUT2D eigenvalue weighted by molar-refractivity contribution is 5.97. The average Bonchev–Trinajstić information content (AvgIpc) is 2.91. The Morgan fingerprint density at radius 2 is 1.71 bits per heavy atom. The van der Waals surface area contributed by atoms with Gasteiger partial charge in [-0.1, -0.05) is 48.6 Å². The topological polar surface area (TPSA) is 20.3 Å². The molecule has 2 heteroatoms. The first-order chi connectivity index (χ1) is 10.1. The van der Waals surface area contributed by atoms with Gasteiger partial charge < -0.3 is 4.90 Å². The van der Waals surface area contributed by atoms with E-state index in [-0.39, 0.29) is 5.91 Å². The Labute approximate surface area is 125 Å². The van der Waals surface area contributed by atoms with Crippen molar-refractivity contribution in [2.24, 2.45) is 0 Å². The van der Waals surface area contributed by atoms with Crippen LogP contribution in [0.15, 0.2) is 54.6 Å². The summed E-state index contributed by atoms with van der Waals surface area (Å²) in [7, 11) is 1.78. The quantitative estimate of drug-likeness (QED) is 0.803. The molecule has 0 atom stereocenters. The van der Waals surface area contributed by atoms with Gasteiger partial charge in [0.15, 0.2) is 0 Å². The molecule has 0 spiro atoms. The number of amides is 1. The molecule has 104 valence electrons. The lowest BCUT2D eigenvalue weighted by Crippen LogP contribution is -2.22. The van der Waals surface area contributed by atoms with E-state index in [1.165, 1.54) is 16.7 Å². The van der Waals surface area contributed by atoms with Gasteiger partial charge in [-0.15, -0.1) is 0 Å². The molecular formula is C19H17NO. The van der Waals surface area contributed by atoms with Gasteiger partial charge in [-0.2, -0.15) is 0 Å². The molecule has 0 bridgehead atoms. The van der Waals surface area contributed by atoms with Crippen LogP contribution in [0.5, 0.6) is 0 Å². The molecular weight excluding hydrogens is 258 g/mol. The second kappa shape index (κ2) is 5.41. The molecule has 1 aliphatic rings. The van der Waals surface area contributed by atoms with Crippen LogP contribution in [0.2, 0.25) is 0 Å². The molecule has 0 N–H and O–H groups in total. The molecule has 0 aliphatic heterocycles. The first-order valence-corrected chi connectivity index (χ1v) is 6.99. The lowest BCUT2D eigenvalue weighted by atomic mass is 10.0. The van der Waals surface area contributed by atoms with Crippen LogP contribution in [0.25, 0.3) is 17.7 Å². The van der Waals surface area contributed by atoms with Gasteiger partial charge in [-0.25, -0.2) is 0 Å². The van der Waals surface area contributed by atoms with E-state index in [1.807, 2.05) is 24.3 Å². The molecule has 1 aliphatic carbocycles. The zero-order chi connectivity index (χ0) is 14.8.